The van der Waals surface area contributed by atoms with Crippen molar-refractivity contribution >= 4 is 15.9 Å². The van der Waals surface area contributed by atoms with Crippen LogP contribution in [0.1, 0.15) is 27.1 Å². The van der Waals surface area contributed by atoms with E-state index in [9.17, 15) is 13.2 Å². The number of hydrogen-bond acceptors (Lipinski definition) is 0. The fourth-order valence-electron chi connectivity index (χ4n) is 1.88. The van der Waals surface area contributed by atoms with E-state index in [-0.39, 0.29) is 5.56 Å². The van der Waals surface area contributed by atoms with E-state index in [0.717, 1.165) is 16.7 Å². The van der Waals surface area contributed by atoms with Gasteiger partial charge in [0.05, 0.1) is 4.83 Å². The lowest BCUT2D eigenvalue weighted by Gasteiger charge is -2.14. The number of rotatable bonds is 2. The summed E-state index contributed by atoms with van der Waals surface area (Å²) in [6.07, 6.45) is 0. The van der Waals surface area contributed by atoms with E-state index in [0.29, 0.717) is 12.1 Å². The van der Waals surface area contributed by atoms with Gasteiger partial charge in [0.1, 0.15) is 17.5 Å². The summed E-state index contributed by atoms with van der Waals surface area (Å²) in [4.78, 5) is -0.646. The van der Waals surface area contributed by atoms with Crippen molar-refractivity contribution in [3.63, 3.8) is 0 Å². The molecule has 0 radical (unpaired) electrons. The van der Waals surface area contributed by atoms with Crippen LogP contribution in [-0.2, 0) is 0 Å². The molecule has 2 aromatic rings. The first-order valence-corrected chi connectivity index (χ1v) is 6.67. The average molecular weight is 329 g/mol. The number of aryl methyl sites for hydroxylation is 2. The molecule has 0 aromatic heterocycles. The Bertz CT molecular complexity index is 600. The first kappa shape index (κ1) is 14.1. The van der Waals surface area contributed by atoms with Gasteiger partial charge < -0.3 is 0 Å². The smallest absolute Gasteiger partial charge is 0.133 e. The van der Waals surface area contributed by atoms with E-state index < -0.39 is 22.3 Å². The summed E-state index contributed by atoms with van der Waals surface area (Å²) in [6.45, 7) is 3.89. The molecule has 4 heteroatoms. The average Bonchev–Trinajstić information content (AvgIpc) is 2.31. The van der Waals surface area contributed by atoms with E-state index in [1.165, 1.54) is 0 Å². The molecule has 0 amide bonds. The van der Waals surface area contributed by atoms with Crippen molar-refractivity contribution in [1.82, 2.24) is 0 Å². The van der Waals surface area contributed by atoms with Gasteiger partial charge in [-0.15, -0.1) is 0 Å². The van der Waals surface area contributed by atoms with E-state index >= 15 is 0 Å². The first-order valence-electron chi connectivity index (χ1n) is 5.76. The van der Waals surface area contributed by atoms with Crippen LogP contribution in [0.15, 0.2) is 30.3 Å². The molecule has 1 atom stereocenters. The van der Waals surface area contributed by atoms with Crippen molar-refractivity contribution in [2.75, 3.05) is 0 Å². The Labute approximate surface area is 118 Å². The highest BCUT2D eigenvalue weighted by atomic mass is 79.9. The normalized spacial score (nSPS) is 12.5. The summed E-state index contributed by atoms with van der Waals surface area (Å²) in [6, 6.07) is 6.92. The van der Waals surface area contributed by atoms with Gasteiger partial charge in [0, 0.05) is 17.7 Å². The zero-order chi connectivity index (χ0) is 14.2. The third-order valence-corrected chi connectivity index (χ3v) is 4.11. The summed E-state index contributed by atoms with van der Waals surface area (Å²) in [5.74, 6) is -2.70. The van der Waals surface area contributed by atoms with Crippen LogP contribution < -0.4 is 0 Å². The van der Waals surface area contributed by atoms with E-state index in [4.69, 9.17) is 0 Å². The second-order valence-electron chi connectivity index (χ2n) is 4.49. The van der Waals surface area contributed by atoms with Gasteiger partial charge in [0.15, 0.2) is 0 Å². The van der Waals surface area contributed by atoms with Gasteiger partial charge in [-0.1, -0.05) is 34.1 Å². The molecule has 0 spiro atoms. The minimum Gasteiger partial charge on any atom is -0.207 e. The number of alkyl halides is 1. The van der Waals surface area contributed by atoms with Crippen molar-refractivity contribution in [3.05, 3.63) is 70.0 Å². The van der Waals surface area contributed by atoms with Crippen LogP contribution in [0.25, 0.3) is 0 Å². The SMILES string of the molecule is Cc1ccc(C(Br)c2c(F)cc(F)cc2F)cc1C. The minimum absolute atomic E-state index is 0.176. The Kier molecular flexibility index (Phi) is 3.99. The van der Waals surface area contributed by atoms with Crippen LogP contribution >= 0.6 is 15.9 Å². The lowest BCUT2D eigenvalue weighted by atomic mass is 9.99. The monoisotopic (exact) mass is 328 g/mol. The second-order valence-corrected chi connectivity index (χ2v) is 5.41. The van der Waals surface area contributed by atoms with Gasteiger partial charge in [0.2, 0.25) is 0 Å². The molecule has 0 aliphatic heterocycles. The third-order valence-electron chi connectivity index (χ3n) is 3.12. The molecule has 0 bridgehead atoms. The Hall–Kier alpha value is -1.29. The van der Waals surface area contributed by atoms with Crippen LogP contribution in [0.2, 0.25) is 0 Å². The fraction of sp³-hybridized carbons (Fsp3) is 0.200. The maximum Gasteiger partial charge on any atom is 0.133 e. The standard InChI is InChI=1S/C15H12BrF3/c1-8-3-4-10(5-9(8)2)15(16)14-12(18)6-11(17)7-13(14)19/h3-7,15H,1-2H3. The Morgan fingerprint density at radius 2 is 1.47 bits per heavy atom. The van der Waals surface area contributed by atoms with Gasteiger partial charge in [-0.2, -0.15) is 0 Å². The van der Waals surface area contributed by atoms with Crippen LogP contribution in [0.5, 0.6) is 0 Å². The summed E-state index contributed by atoms with van der Waals surface area (Å²) < 4.78 is 40.3. The molecule has 1 unspecified atom stereocenters. The third kappa shape index (κ3) is 2.84. The highest BCUT2D eigenvalue weighted by molar-refractivity contribution is 9.09. The molecule has 100 valence electrons. The van der Waals surface area contributed by atoms with Gasteiger partial charge in [-0.05, 0) is 30.5 Å². The lowest BCUT2D eigenvalue weighted by molar-refractivity contribution is 0.527. The molecule has 0 aliphatic rings. The molecular weight excluding hydrogens is 317 g/mol. The van der Waals surface area contributed by atoms with Crippen molar-refractivity contribution in [2.24, 2.45) is 0 Å². The molecule has 0 saturated heterocycles. The fourth-order valence-corrected chi connectivity index (χ4v) is 2.61. The maximum absolute atomic E-state index is 13.7. The van der Waals surface area contributed by atoms with Crippen molar-refractivity contribution in [1.29, 1.82) is 0 Å². The largest absolute Gasteiger partial charge is 0.207 e. The Morgan fingerprint density at radius 3 is 2.00 bits per heavy atom. The van der Waals surface area contributed by atoms with Crippen LogP contribution in [0.3, 0.4) is 0 Å². The molecule has 0 N–H and O–H groups in total. The molecule has 2 aromatic carbocycles. The summed E-state index contributed by atoms with van der Waals surface area (Å²) in [5, 5.41) is 0. The minimum atomic E-state index is -0.918. The molecule has 2 rings (SSSR count). The Balaban J connectivity index is 2.49. The Morgan fingerprint density at radius 1 is 0.895 bits per heavy atom. The summed E-state index contributed by atoms with van der Waals surface area (Å²) in [7, 11) is 0. The van der Waals surface area contributed by atoms with E-state index in [1.54, 1.807) is 6.07 Å². The molecule has 0 heterocycles. The highest BCUT2D eigenvalue weighted by Gasteiger charge is 2.21. The molecule has 0 nitrogen and oxygen atoms in total. The summed E-state index contributed by atoms with van der Waals surface area (Å²) >= 11 is 3.28. The van der Waals surface area contributed by atoms with Gasteiger partial charge in [-0.3, -0.25) is 0 Å². The lowest BCUT2D eigenvalue weighted by Crippen LogP contribution is -2.02. The van der Waals surface area contributed by atoms with Crippen LogP contribution in [0.4, 0.5) is 13.2 Å². The number of halogens is 4. The second kappa shape index (κ2) is 5.37. The zero-order valence-corrected chi connectivity index (χ0v) is 12.1. The van der Waals surface area contributed by atoms with E-state index in [1.807, 2.05) is 26.0 Å². The summed E-state index contributed by atoms with van der Waals surface area (Å²) in [5.41, 5.74) is 2.69. The maximum atomic E-state index is 13.7. The van der Waals surface area contributed by atoms with Crippen LogP contribution in [-0.4, -0.2) is 0 Å². The van der Waals surface area contributed by atoms with Crippen LogP contribution in [0, 0.1) is 31.3 Å². The number of hydrogen-bond donors (Lipinski definition) is 0. The molecule has 0 saturated carbocycles. The van der Waals surface area contributed by atoms with E-state index in [2.05, 4.69) is 15.9 Å². The number of benzene rings is 2. The first-order chi connectivity index (χ1) is 8.90. The van der Waals surface area contributed by atoms with Gasteiger partial charge in [0.25, 0.3) is 0 Å². The van der Waals surface area contributed by atoms with Gasteiger partial charge in [-0.25, -0.2) is 13.2 Å². The molecule has 19 heavy (non-hydrogen) atoms. The van der Waals surface area contributed by atoms with Crippen molar-refractivity contribution in [2.45, 2.75) is 18.7 Å². The van der Waals surface area contributed by atoms with Crippen molar-refractivity contribution < 1.29 is 13.2 Å². The molecule has 0 fully saturated rings. The topological polar surface area (TPSA) is 0 Å². The van der Waals surface area contributed by atoms with Gasteiger partial charge >= 0.3 is 0 Å². The molecule has 0 aliphatic carbocycles. The predicted molar refractivity (Wildman–Crippen MR) is 73.0 cm³/mol. The predicted octanol–water partition coefficient (Wildman–Crippen LogP) is 5.21. The zero-order valence-electron chi connectivity index (χ0n) is 10.5. The van der Waals surface area contributed by atoms with Crippen molar-refractivity contribution in [3.8, 4) is 0 Å². The molecular formula is C15H12BrF3. The quantitative estimate of drug-likeness (QED) is 0.664. The highest BCUT2D eigenvalue weighted by Crippen LogP contribution is 2.35.